The van der Waals surface area contributed by atoms with E-state index in [-0.39, 0.29) is 0 Å². The van der Waals surface area contributed by atoms with Crippen molar-refractivity contribution in [1.29, 1.82) is 0 Å². The number of thiophene rings is 1. The summed E-state index contributed by atoms with van der Waals surface area (Å²) in [7, 11) is 4.12. The Morgan fingerprint density at radius 1 is 1.30 bits per heavy atom. The maximum Gasteiger partial charge on any atom is 0.191 e. The van der Waals surface area contributed by atoms with Gasteiger partial charge in [-0.15, -0.1) is 11.3 Å². The lowest BCUT2D eigenvalue weighted by Gasteiger charge is -2.39. The second-order valence-corrected chi connectivity index (χ2v) is 9.13. The Kier molecular flexibility index (Phi) is 9.06. The van der Waals surface area contributed by atoms with Gasteiger partial charge in [-0.3, -0.25) is 14.8 Å². The number of nitrogens with zero attached hydrogens (tertiary/aromatic N) is 3. The number of likely N-dealkylation sites (tertiary alicyclic amines) is 1. The number of guanidine groups is 1. The lowest BCUT2D eigenvalue weighted by atomic mass is 9.88. The molecular weight excluding hydrogens is 354 g/mol. The Balaban J connectivity index is 1.85. The monoisotopic (exact) mass is 393 g/mol. The molecule has 0 aliphatic carbocycles. The number of hydrogen-bond acceptors (Lipinski definition) is 4. The van der Waals surface area contributed by atoms with Gasteiger partial charge in [0, 0.05) is 49.7 Å². The Morgan fingerprint density at radius 2 is 2.04 bits per heavy atom. The molecular formula is C21H39N5S. The molecule has 0 amide bonds. The fraction of sp³-hybridized carbons (Fsp3) is 0.762. The van der Waals surface area contributed by atoms with E-state index in [2.05, 4.69) is 77.7 Å². The van der Waals surface area contributed by atoms with Crippen LogP contribution in [-0.2, 0) is 0 Å². The van der Waals surface area contributed by atoms with Gasteiger partial charge in [-0.25, -0.2) is 0 Å². The van der Waals surface area contributed by atoms with Crippen molar-refractivity contribution in [3.05, 3.63) is 22.4 Å². The molecule has 5 nitrogen and oxygen atoms in total. The molecule has 1 aromatic rings. The van der Waals surface area contributed by atoms with Crippen LogP contribution in [0, 0.1) is 5.92 Å². The average Bonchev–Trinajstić information content (AvgIpc) is 3.14. The van der Waals surface area contributed by atoms with Crippen molar-refractivity contribution in [3.8, 4) is 0 Å². The molecule has 0 bridgehead atoms. The highest BCUT2D eigenvalue weighted by atomic mass is 32.1. The highest BCUT2D eigenvalue weighted by molar-refractivity contribution is 7.10. The van der Waals surface area contributed by atoms with E-state index in [0.717, 1.165) is 25.6 Å². The first-order valence-electron chi connectivity index (χ1n) is 10.4. The molecule has 27 heavy (non-hydrogen) atoms. The molecule has 2 N–H and O–H groups in total. The third-order valence-corrected chi connectivity index (χ3v) is 6.53. The normalized spacial score (nSPS) is 22.0. The Hall–Kier alpha value is -1.11. The van der Waals surface area contributed by atoms with Crippen LogP contribution < -0.4 is 10.6 Å². The van der Waals surface area contributed by atoms with Crippen molar-refractivity contribution >= 4 is 17.3 Å². The minimum Gasteiger partial charge on any atom is -0.356 e. The van der Waals surface area contributed by atoms with E-state index in [4.69, 9.17) is 0 Å². The highest BCUT2D eigenvalue weighted by Gasteiger charge is 2.31. The first kappa shape index (κ1) is 22.2. The maximum absolute atomic E-state index is 4.43. The van der Waals surface area contributed by atoms with Crippen LogP contribution in [-0.4, -0.2) is 68.1 Å². The highest BCUT2D eigenvalue weighted by Crippen LogP contribution is 2.36. The van der Waals surface area contributed by atoms with Gasteiger partial charge in [0.1, 0.15) is 0 Å². The first-order chi connectivity index (χ1) is 12.9. The number of piperidine rings is 1. The van der Waals surface area contributed by atoms with Gasteiger partial charge in [-0.05, 0) is 71.5 Å². The summed E-state index contributed by atoms with van der Waals surface area (Å²) in [6.45, 7) is 13.1. The van der Waals surface area contributed by atoms with Crippen LogP contribution in [0.5, 0.6) is 0 Å². The number of nitrogens with one attached hydrogen (secondary N) is 2. The number of hydrogen-bond donors (Lipinski definition) is 2. The van der Waals surface area contributed by atoms with Crippen LogP contribution in [0.25, 0.3) is 0 Å². The fourth-order valence-electron chi connectivity index (χ4n) is 4.25. The number of rotatable bonds is 8. The molecule has 1 aromatic heterocycles. The van der Waals surface area contributed by atoms with E-state index in [1.165, 1.54) is 24.3 Å². The van der Waals surface area contributed by atoms with Gasteiger partial charge in [0.05, 0.1) is 0 Å². The molecule has 2 unspecified atom stereocenters. The molecule has 6 heteroatoms. The van der Waals surface area contributed by atoms with E-state index in [9.17, 15) is 0 Å². The van der Waals surface area contributed by atoms with Crippen molar-refractivity contribution in [3.63, 3.8) is 0 Å². The zero-order valence-corrected chi connectivity index (χ0v) is 18.9. The first-order valence-corrected chi connectivity index (χ1v) is 11.3. The van der Waals surface area contributed by atoms with Gasteiger partial charge in [0.15, 0.2) is 5.96 Å². The van der Waals surface area contributed by atoms with Gasteiger partial charge in [0.2, 0.25) is 0 Å². The molecule has 1 saturated heterocycles. The minimum atomic E-state index is 0.515. The van der Waals surface area contributed by atoms with E-state index < -0.39 is 0 Å². The quantitative estimate of drug-likeness (QED) is 0.525. The molecule has 2 heterocycles. The minimum absolute atomic E-state index is 0.515. The van der Waals surface area contributed by atoms with E-state index in [1.807, 2.05) is 18.4 Å². The van der Waals surface area contributed by atoms with Crippen LogP contribution in [0.3, 0.4) is 0 Å². The summed E-state index contributed by atoms with van der Waals surface area (Å²) in [5.74, 6) is 1.53. The summed E-state index contributed by atoms with van der Waals surface area (Å²) in [5.41, 5.74) is 0. The fourth-order valence-corrected chi connectivity index (χ4v) is 5.23. The molecule has 154 valence electrons. The summed E-state index contributed by atoms with van der Waals surface area (Å²) in [6.07, 6.45) is 2.54. The third-order valence-electron chi connectivity index (χ3n) is 5.59. The molecule has 0 aromatic carbocycles. The number of aliphatic imine (C=N–C) groups is 1. The van der Waals surface area contributed by atoms with Crippen LogP contribution in [0.2, 0.25) is 0 Å². The van der Waals surface area contributed by atoms with Crippen LogP contribution >= 0.6 is 11.3 Å². The average molecular weight is 394 g/mol. The van der Waals surface area contributed by atoms with Crippen LogP contribution in [0.4, 0.5) is 0 Å². The molecule has 2 atom stereocenters. The van der Waals surface area contributed by atoms with Gasteiger partial charge in [0.25, 0.3) is 0 Å². The Labute approximate surface area is 170 Å². The molecule has 0 spiro atoms. The summed E-state index contributed by atoms with van der Waals surface area (Å²) in [4.78, 5) is 10.9. The SMILES string of the molecule is CN=C(NCCN(C(C)C)C(C)C)NCC1CCCN(C)C1c1cccs1. The summed E-state index contributed by atoms with van der Waals surface area (Å²) >= 11 is 1.88. The zero-order chi connectivity index (χ0) is 19.8. The lowest BCUT2D eigenvalue weighted by molar-refractivity contribution is 0.125. The van der Waals surface area contributed by atoms with Gasteiger partial charge in [-0.2, -0.15) is 0 Å². The second kappa shape index (κ2) is 11.0. The van der Waals surface area contributed by atoms with Crippen LogP contribution in [0.15, 0.2) is 22.5 Å². The van der Waals surface area contributed by atoms with E-state index in [0.29, 0.717) is 24.0 Å². The van der Waals surface area contributed by atoms with Gasteiger partial charge in [-0.1, -0.05) is 6.07 Å². The summed E-state index contributed by atoms with van der Waals surface area (Å²) in [6, 6.07) is 6.09. The Morgan fingerprint density at radius 3 is 2.63 bits per heavy atom. The summed E-state index contributed by atoms with van der Waals surface area (Å²) in [5, 5.41) is 9.27. The molecule has 0 radical (unpaired) electrons. The van der Waals surface area contributed by atoms with Gasteiger partial charge >= 0.3 is 0 Å². The van der Waals surface area contributed by atoms with E-state index in [1.54, 1.807) is 0 Å². The van der Waals surface area contributed by atoms with Crippen molar-refractivity contribution in [2.24, 2.45) is 10.9 Å². The van der Waals surface area contributed by atoms with Gasteiger partial charge < -0.3 is 10.6 Å². The molecule has 2 rings (SSSR count). The van der Waals surface area contributed by atoms with Crippen molar-refractivity contribution < 1.29 is 0 Å². The smallest absolute Gasteiger partial charge is 0.191 e. The summed E-state index contributed by atoms with van der Waals surface area (Å²) < 4.78 is 0. The van der Waals surface area contributed by atoms with Crippen molar-refractivity contribution in [2.75, 3.05) is 40.3 Å². The standard InChI is InChI=1S/C21H39N5S/c1-16(2)26(17(3)4)13-11-23-21(22-5)24-15-18-9-7-12-25(6)20(18)19-10-8-14-27-19/h8,10,14,16-18,20H,7,9,11-13,15H2,1-6H3,(H2,22,23,24). The Bertz CT molecular complexity index is 547. The van der Waals surface area contributed by atoms with Crippen LogP contribution in [0.1, 0.15) is 51.5 Å². The second-order valence-electron chi connectivity index (χ2n) is 8.15. The van der Waals surface area contributed by atoms with Crippen molar-refractivity contribution in [1.82, 2.24) is 20.4 Å². The van der Waals surface area contributed by atoms with E-state index >= 15 is 0 Å². The molecule has 0 saturated carbocycles. The van der Waals surface area contributed by atoms with Crippen molar-refractivity contribution in [2.45, 2.75) is 58.7 Å². The topological polar surface area (TPSA) is 42.9 Å². The maximum atomic E-state index is 4.43. The predicted molar refractivity (Wildman–Crippen MR) is 119 cm³/mol. The third kappa shape index (κ3) is 6.47. The largest absolute Gasteiger partial charge is 0.356 e. The predicted octanol–water partition coefficient (Wildman–Crippen LogP) is 3.41. The molecule has 1 aliphatic rings. The molecule has 1 aliphatic heterocycles. The zero-order valence-electron chi connectivity index (χ0n) is 18.0. The molecule has 1 fully saturated rings. The lowest BCUT2D eigenvalue weighted by Crippen LogP contribution is -2.47.